The minimum absolute atomic E-state index is 0.213. The van der Waals surface area contributed by atoms with Crippen molar-refractivity contribution in [1.29, 1.82) is 0 Å². The van der Waals surface area contributed by atoms with Crippen molar-refractivity contribution in [3.05, 3.63) is 42.0 Å². The number of anilines is 1. The number of amides is 2. The van der Waals surface area contributed by atoms with Gasteiger partial charge in [-0.3, -0.25) is 9.59 Å². The number of rotatable bonds is 3. The summed E-state index contributed by atoms with van der Waals surface area (Å²) in [5, 5.41) is 2.35. The van der Waals surface area contributed by atoms with Gasteiger partial charge in [-0.15, -0.1) is 0 Å². The number of alkyl halides is 3. The first kappa shape index (κ1) is 15.7. The zero-order valence-corrected chi connectivity index (χ0v) is 10.9. The molecule has 2 amide bonds. The van der Waals surface area contributed by atoms with Crippen LogP contribution in [0.2, 0.25) is 0 Å². The Morgan fingerprint density at radius 3 is 2.10 bits per heavy atom. The molecular weight excluding hydrogens is 273 g/mol. The fraction of sp³-hybridized carbons (Fsp3) is 0.231. The van der Waals surface area contributed by atoms with Gasteiger partial charge in [0.05, 0.1) is 5.56 Å². The molecule has 0 bridgehead atoms. The van der Waals surface area contributed by atoms with Crippen molar-refractivity contribution < 1.29 is 22.8 Å². The molecule has 0 heterocycles. The van der Waals surface area contributed by atoms with Crippen LogP contribution >= 0.6 is 0 Å². The van der Waals surface area contributed by atoms with Gasteiger partial charge < -0.3 is 10.2 Å². The second kappa shape index (κ2) is 6.23. The van der Waals surface area contributed by atoms with Crippen LogP contribution < -0.4 is 5.32 Å². The second-order valence-corrected chi connectivity index (χ2v) is 4.13. The minimum atomic E-state index is -4.42. The summed E-state index contributed by atoms with van der Waals surface area (Å²) in [5.74, 6) is -0.965. The number of benzene rings is 1. The lowest BCUT2D eigenvalue weighted by molar-refractivity contribution is -0.137. The Balaban J connectivity index is 2.66. The van der Waals surface area contributed by atoms with Crippen LogP contribution in [0.3, 0.4) is 0 Å². The molecule has 1 rings (SSSR count). The number of likely N-dealkylation sites (N-methyl/N-ethyl adjacent to an activating group) is 1. The molecule has 0 aliphatic heterocycles. The number of carbonyl (C=O) groups excluding carboxylic acids is 2. The van der Waals surface area contributed by atoms with Gasteiger partial charge >= 0.3 is 6.18 Å². The fourth-order valence-corrected chi connectivity index (χ4v) is 1.22. The van der Waals surface area contributed by atoms with Gasteiger partial charge in [-0.05, 0) is 24.3 Å². The summed E-state index contributed by atoms with van der Waals surface area (Å²) in [7, 11) is 3.06. The van der Waals surface area contributed by atoms with Gasteiger partial charge in [-0.1, -0.05) is 0 Å². The molecule has 4 nitrogen and oxygen atoms in total. The first-order chi connectivity index (χ1) is 9.20. The monoisotopic (exact) mass is 286 g/mol. The summed E-state index contributed by atoms with van der Waals surface area (Å²) < 4.78 is 37.0. The molecule has 0 atom stereocenters. The SMILES string of the molecule is CN(C)C(=O)/C=C/C(=O)Nc1ccc(C(F)(F)F)cc1. The Morgan fingerprint density at radius 1 is 1.10 bits per heavy atom. The first-order valence-electron chi connectivity index (χ1n) is 5.58. The molecule has 20 heavy (non-hydrogen) atoms. The molecule has 0 saturated heterocycles. The summed E-state index contributed by atoms with van der Waals surface area (Å²) in [6.45, 7) is 0. The average Bonchev–Trinajstić information content (AvgIpc) is 2.35. The summed E-state index contributed by atoms with van der Waals surface area (Å²) >= 11 is 0. The lowest BCUT2D eigenvalue weighted by Gasteiger charge is -2.08. The third kappa shape index (κ3) is 4.75. The Hall–Kier alpha value is -2.31. The topological polar surface area (TPSA) is 49.4 Å². The highest BCUT2D eigenvalue weighted by Crippen LogP contribution is 2.29. The van der Waals surface area contributed by atoms with Crippen molar-refractivity contribution in [3.63, 3.8) is 0 Å². The van der Waals surface area contributed by atoms with Crippen molar-refractivity contribution in [2.24, 2.45) is 0 Å². The highest BCUT2D eigenvalue weighted by atomic mass is 19.4. The molecule has 7 heteroatoms. The molecule has 0 fully saturated rings. The number of halogens is 3. The third-order valence-corrected chi connectivity index (χ3v) is 2.30. The molecule has 1 aromatic carbocycles. The Labute approximate surface area is 113 Å². The molecule has 0 aliphatic carbocycles. The van der Waals surface area contributed by atoms with Gasteiger partial charge in [0.2, 0.25) is 11.8 Å². The maximum Gasteiger partial charge on any atom is 0.416 e. The molecule has 0 aromatic heterocycles. The smallest absolute Gasteiger partial charge is 0.345 e. The van der Waals surface area contributed by atoms with E-state index in [1.807, 2.05) is 0 Å². The van der Waals surface area contributed by atoms with Gasteiger partial charge in [-0.2, -0.15) is 13.2 Å². The van der Waals surface area contributed by atoms with E-state index >= 15 is 0 Å². The van der Waals surface area contributed by atoms with Crippen molar-refractivity contribution in [2.75, 3.05) is 19.4 Å². The van der Waals surface area contributed by atoms with Crippen LogP contribution in [0.5, 0.6) is 0 Å². The van der Waals surface area contributed by atoms with E-state index in [2.05, 4.69) is 5.32 Å². The van der Waals surface area contributed by atoms with Crippen LogP contribution in [-0.2, 0) is 15.8 Å². The Bertz CT molecular complexity index is 519. The van der Waals surface area contributed by atoms with Gasteiger partial charge in [0.1, 0.15) is 0 Å². The van der Waals surface area contributed by atoms with Crippen molar-refractivity contribution >= 4 is 17.5 Å². The molecule has 1 N–H and O–H groups in total. The summed E-state index contributed by atoms with van der Waals surface area (Å²) in [6, 6.07) is 4.01. The standard InChI is InChI=1S/C13H13F3N2O2/c1-18(2)12(20)8-7-11(19)17-10-5-3-9(4-6-10)13(14,15)16/h3-8H,1-2H3,(H,17,19)/b8-7+. The minimum Gasteiger partial charge on any atom is -0.345 e. The lowest BCUT2D eigenvalue weighted by Crippen LogP contribution is -2.19. The zero-order valence-electron chi connectivity index (χ0n) is 10.9. The van der Waals surface area contributed by atoms with E-state index in [9.17, 15) is 22.8 Å². The maximum absolute atomic E-state index is 12.3. The van der Waals surface area contributed by atoms with Crippen molar-refractivity contribution in [2.45, 2.75) is 6.18 Å². The number of nitrogens with zero attached hydrogens (tertiary/aromatic N) is 1. The van der Waals surface area contributed by atoms with Gasteiger partial charge in [0.25, 0.3) is 0 Å². The van der Waals surface area contributed by atoms with Crippen molar-refractivity contribution in [3.8, 4) is 0 Å². The molecule has 0 spiro atoms. The predicted molar refractivity (Wildman–Crippen MR) is 67.9 cm³/mol. The van der Waals surface area contributed by atoms with Gasteiger partial charge in [0, 0.05) is 31.9 Å². The Kier molecular flexibility index (Phi) is 4.90. The van der Waals surface area contributed by atoms with Crippen LogP contribution in [0.15, 0.2) is 36.4 Å². The number of hydrogen-bond acceptors (Lipinski definition) is 2. The predicted octanol–water partition coefficient (Wildman–Crippen LogP) is 2.29. The molecule has 0 radical (unpaired) electrons. The normalized spacial score (nSPS) is 11.4. The van der Waals surface area contributed by atoms with Gasteiger partial charge in [0.15, 0.2) is 0 Å². The van der Waals surface area contributed by atoms with E-state index in [0.29, 0.717) is 0 Å². The molecule has 1 aromatic rings. The molecule has 0 unspecified atom stereocenters. The molecule has 0 saturated carbocycles. The van der Waals surface area contributed by atoms with E-state index in [4.69, 9.17) is 0 Å². The number of carbonyl (C=O) groups is 2. The molecule has 108 valence electrons. The van der Waals surface area contributed by atoms with Gasteiger partial charge in [-0.25, -0.2) is 0 Å². The first-order valence-corrected chi connectivity index (χ1v) is 5.58. The fourth-order valence-electron chi connectivity index (χ4n) is 1.22. The summed E-state index contributed by atoms with van der Waals surface area (Å²) in [6.07, 6.45) is -2.33. The van der Waals surface area contributed by atoms with Crippen LogP contribution in [0.1, 0.15) is 5.56 Å². The maximum atomic E-state index is 12.3. The largest absolute Gasteiger partial charge is 0.416 e. The average molecular weight is 286 g/mol. The van der Waals surface area contributed by atoms with E-state index in [-0.39, 0.29) is 11.6 Å². The van der Waals surface area contributed by atoms with Crippen LogP contribution in [0.4, 0.5) is 18.9 Å². The quantitative estimate of drug-likeness (QED) is 0.867. The highest BCUT2D eigenvalue weighted by molar-refractivity contribution is 6.03. The second-order valence-electron chi connectivity index (χ2n) is 4.13. The van der Waals surface area contributed by atoms with E-state index in [1.165, 1.54) is 19.0 Å². The van der Waals surface area contributed by atoms with Crippen LogP contribution in [-0.4, -0.2) is 30.8 Å². The summed E-state index contributed by atoms with van der Waals surface area (Å²) in [4.78, 5) is 23.9. The summed E-state index contributed by atoms with van der Waals surface area (Å²) in [5.41, 5.74) is -0.584. The van der Waals surface area contributed by atoms with Crippen LogP contribution in [0.25, 0.3) is 0 Å². The highest BCUT2D eigenvalue weighted by Gasteiger charge is 2.29. The van der Waals surface area contributed by atoms with Crippen molar-refractivity contribution in [1.82, 2.24) is 4.90 Å². The molecule has 0 aliphatic rings. The van der Waals surface area contributed by atoms with E-state index in [0.717, 1.165) is 36.4 Å². The number of nitrogens with one attached hydrogen (secondary N) is 1. The lowest BCUT2D eigenvalue weighted by atomic mass is 10.2. The third-order valence-electron chi connectivity index (χ3n) is 2.30. The zero-order chi connectivity index (χ0) is 15.3. The van der Waals surface area contributed by atoms with E-state index < -0.39 is 17.6 Å². The Morgan fingerprint density at radius 2 is 1.65 bits per heavy atom. The molecular formula is C13H13F3N2O2. The van der Waals surface area contributed by atoms with E-state index in [1.54, 1.807) is 0 Å². The van der Waals surface area contributed by atoms with Crippen LogP contribution in [0, 0.1) is 0 Å². The number of hydrogen-bond donors (Lipinski definition) is 1.